The van der Waals surface area contributed by atoms with Crippen LogP contribution in [0.1, 0.15) is 0 Å². The van der Waals surface area contributed by atoms with Gasteiger partial charge in [-0.2, -0.15) is 0 Å². The van der Waals surface area contributed by atoms with Crippen molar-refractivity contribution in [1.29, 1.82) is 0 Å². The summed E-state index contributed by atoms with van der Waals surface area (Å²) in [5, 5.41) is 13.8. The Morgan fingerprint density at radius 2 is 1.80 bits per heavy atom. The molecule has 0 atom stereocenters. The van der Waals surface area contributed by atoms with Crippen LogP contribution in [0.2, 0.25) is 0 Å². The largest absolute Gasteiger partial charge is 0.388 e. The van der Waals surface area contributed by atoms with Crippen molar-refractivity contribution in [3.63, 3.8) is 0 Å². The summed E-state index contributed by atoms with van der Waals surface area (Å²) in [6.45, 7) is 0. The van der Waals surface area contributed by atoms with E-state index < -0.39 is 4.92 Å². The fourth-order valence-electron chi connectivity index (χ4n) is 1.85. The van der Waals surface area contributed by atoms with Crippen molar-refractivity contribution in [2.75, 3.05) is 24.3 Å². The van der Waals surface area contributed by atoms with Gasteiger partial charge in [-0.15, -0.1) is 0 Å². The predicted octanol–water partition coefficient (Wildman–Crippen LogP) is 3.54. The summed E-state index contributed by atoms with van der Waals surface area (Å²) in [6.07, 6.45) is 0. The highest BCUT2D eigenvalue weighted by molar-refractivity contribution is 5.70. The van der Waals surface area contributed by atoms with Crippen LogP contribution in [0.15, 0.2) is 42.5 Å². The topological polar surface area (TPSA) is 58.4 Å². The minimum atomic E-state index is -0.442. The molecule has 0 aliphatic rings. The average Bonchev–Trinajstić information content (AvgIpc) is 2.46. The van der Waals surface area contributed by atoms with Crippen LogP contribution < -0.4 is 10.2 Å². The van der Waals surface area contributed by atoms with Gasteiger partial charge in [0.25, 0.3) is 5.69 Å². The molecule has 5 nitrogen and oxygen atoms in total. The molecule has 20 heavy (non-hydrogen) atoms. The van der Waals surface area contributed by atoms with E-state index in [0.29, 0.717) is 11.4 Å². The number of nitrogens with one attached hydrogen (secondary N) is 1. The maximum Gasteiger partial charge on any atom is 0.273 e. The molecule has 0 heterocycles. The zero-order valence-corrected chi connectivity index (χ0v) is 11.1. The SMILES string of the molecule is CNc1cc(N(C)c2ccc(F)cc2)cc([N+](=O)[O-])c1. The molecule has 2 aromatic rings. The van der Waals surface area contributed by atoms with Gasteiger partial charge in [-0.05, 0) is 30.3 Å². The quantitative estimate of drug-likeness (QED) is 0.685. The fraction of sp³-hybridized carbons (Fsp3) is 0.143. The van der Waals surface area contributed by atoms with Crippen LogP contribution in [0.5, 0.6) is 0 Å². The second-order valence-electron chi connectivity index (χ2n) is 4.28. The second kappa shape index (κ2) is 5.56. The molecule has 0 aromatic heterocycles. The van der Waals surface area contributed by atoms with E-state index >= 15 is 0 Å². The Balaban J connectivity index is 2.42. The van der Waals surface area contributed by atoms with Crippen LogP contribution in [-0.2, 0) is 0 Å². The monoisotopic (exact) mass is 275 g/mol. The molecule has 0 radical (unpaired) electrons. The van der Waals surface area contributed by atoms with Gasteiger partial charge in [0.2, 0.25) is 0 Å². The molecule has 2 rings (SSSR count). The maximum absolute atomic E-state index is 12.9. The number of non-ortho nitro benzene ring substituents is 1. The highest BCUT2D eigenvalue weighted by Crippen LogP contribution is 2.30. The zero-order chi connectivity index (χ0) is 14.7. The van der Waals surface area contributed by atoms with Gasteiger partial charge in [-0.1, -0.05) is 0 Å². The molecule has 0 aliphatic carbocycles. The average molecular weight is 275 g/mol. The number of rotatable bonds is 4. The summed E-state index contributed by atoms with van der Waals surface area (Å²) in [5.74, 6) is -0.322. The minimum absolute atomic E-state index is 0.000752. The number of halogens is 1. The van der Waals surface area contributed by atoms with Crippen LogP contribution in [0, 0.1) is 15.9 Å². The van der Waals surface area contributed by atoms with Crippen LogP contribution >= 0.6 is 0 Å². The lowest BCUT2D eigenvalue weighted by Gasteiger charge is -2.20. The van der Waals surface area contributed by atoms with Gasteiger partial charge < -0.3 is 10.2 Å². The summed E-state index contributed by atoms with van der Waals surface area (Å²) in [5.41, 5.74) is 2.04. The number of anilines is 3. The Bertz CT molecular complexity index is 629. The molecule has 104 valence electrons. The first-order valence-electron chi connectivity index (χ1n) is 5.98. The Labute approximate surface area is 115 Å². The number of benzene rings is 2. The van der Waals surface area contributed by atoms with E-state index in [0.717, 1.165) is 5.69 Å². The smallest absolute Gasteiger partial charge is 0.273 e. The molecular formula is C14H14FN3O2. The van der Waals surface area contributed by atoms with Gasteiger partial charge in [-0.25, -0.2) is 4.39 Å². The normalized spacial score (nSPS) is 10.2. The van der Waals surface area contributed by atoms with E-state index in [-0.39, 0.29) is 11.5 Å². The third kappa shape index (κ3) is 2.85. The van der Waals surface area contributed by atoms with Crippen LogP contribution in [-0.4, -0.2) is 19.0 Å². The van der Waals surface area contributed by atoms with E-state index in [9.17, 15) is 14.5 Å². The van der Waals surface area contributed by atoms with Crippen LogP contribution in [0.3, 0.4) is 0 Å². The Morgan fingerprint density at radius 3 is 2.35 bits per heavy atom. The number of hydrogen-bond acceptors (Lipinski definition) is 4. The molecule has 0 fully saturated rings. The number of nitro groups is 1. The minimum Gasteiger partial charge on any atom is -0.388 e. The lowest BCUT2D eigenvalue weighted by atomic mass is 10.2. The van der Waals surface area contributed by atoms with Gasteiger partial charge in [0, 0.05) is 43.3 Å². The van der Waals surface area contributed by atoms with Gasteiger partial charge >= 0.3 is 0 Å². The van der Waals surface area contributed by atoms with Gasteiger partial charge in [0.15, 0.2) is 0 Å². The molecule has 2 aromatic carbocycles. The van der Waals surface area contributed by atoms with Crippen molar-refractivity contribution < 1.29 is 9.31 Å². The fourth-order valence-corrected chi connectivity index (χ4v) is 1.85. The molecule has 0 bridgehead atoms. The predicted molar refractivity (Wildman–Crippen MR) is 77.1 cm³/mol. The summed E-state index contributed by atoms with van der Waals surface area (Å²) in [6, 6.07) is 10.7. The third-order valence-corrected chi connectivity index (χ3v) is 3.00. The Morgan fingerprint density at radius 1 is 1.15 bits per heavy atom. The number of hydrogen-bond donors (Lipinski definition) is 1. The van der Waals surface area contributed by atoms with Crippen molar-refractivity contribution in [2.24, 2.45) is 0 Å². The molecule has 0 spiro atoms. The van der Waals surface area contributed by atoms with Crippen molar-refractivity contribution in [3.05, 3.63) is 58.4 Å². The summed E-state index contributed by atoms with van der Waals surface area (Å²) in [7, 11) is 3.46. The lowest BCUT2D eigenvalue weighted by molar-refractivity contribution is -0.384. The first kappa shape index (κ1) is 13.8. The van der Waals surface area contributed by atoms with E-state index in [4.69, 9.17) is 0 Å². The maximum atomic E-state index is 12.9. The third-order valence-electron chi connectivity index (χ3n) is 3.00. The van der Waals surface area contributed by atoms with Crippen LogP contribution in [0.25, 0.3) is 0 Å². The molecule has 0 unspecified atom stereocenters. The molecule has 0 saturated heterocycles. The Hall–Kier alpha value is -2.63. The first-order valence-corrected chi connectivity index (χ1v) is 5.98. The zero-order valence-electron chi connectivity index (χ0n) is 11.1. The molecule has 0 saturated carbocycles. The van der Waals surface area contributed by atoms with E-state index in [1.807, 2.05) is 0 Å². The molecule has 0 aliphatic heterocycles. The van der Waals surface area contributed by atoms with E-state index in [1.165, 1.54) is 24.3 Å². The summed E-state index contributed by atoms with van der Waals surface area (Å²) < 4.78 is 12.9. The number of nitro benzene ring substituents is 1. The molecule has 0 amide bonds. The second-order valence-corrected chi connectivity index (χ2v) is 4.28. The summed E-state index contributed by atoms with van der Waals surface area (Å²) >= 11 is 0. The Kier molecular flexibility index (Phi) is 3.84. The highest BCUT2D eigenvalue weighted by atomic mass is 19.1. The molecular weight excluding hydrogens is 261 g/mol. The van der Waals surface area contributed by atoms with Crippen molar-refractivity contribution in [2.45, 2.75) is 0 Å². The summed E-state index contributed by atoms with van der Waals surface area (Å²) in [4.78, 5) is 12.3. The standard InChI is InChI=1S/C14H14FN3O2/c1-16-11-7-13(9-14(8-11)18(19)20)17(2)12-5-3-10(15)4-6-12/h3-9,16H,1-2H3. The molecule has 1 N–H and O–H groups in total. The highest BCUT2D eigenvalue weighted by Gasteiger charge is 2.12. The number of nitrogens with zero attached hydrogens (tertiary/aromatic N) is 2. The lowest BCUT2D eigenvalue weighted by Crippen LogP contribution is -2.10. The van der Waals surface area contributed by atoms with Gasteiger partial charge in [-0.3, -0.25) is 10.1 Å². The van der Waals surface area contributed by atoms with E-state index in [2.05, 4.69) is 5.32 Å². The van der Waals surface area contributed by atoms with Crippen molar-refractivity contribution in [1.82, 2.24) is 0 Å². The van der Waals surface area contributed by atoms with Gasteiger partial charge in [0.05, 0.1) is 4.92 Å². The van der Waals surface area contributed by atoms with Crippen molar-refractivity contribution in [3.8, 4) is 0 Å². The van der Waals surface area contributed by atoms with Gasteiger partial charge in [0.1, 0.15) is 5.82 Å². The van der Waals surface area contributed by atoms with E-state index in [1.54, 1.807) is 37.2 Å². The van der Waals surface area contributed by atoms with Crippen molar-refractivity contribution >= 4 is 22.7 Å². The molecule has 6 heteroatoms. The van der Waals surface area contributed by atoms with Crippen LogP contribution in [0.4, 0.5) is 27.1 Å². The first-order chi connectivity index (χ1) is 9.51.